The molecule has 3 rings (SSSR count). The first-order valence-electron chi connectivity index (χ1n) is 7.25. The van der Waals surface area contributed by atoms with E-state index >= 15 is 0 Å². The van der Waals surface area contributed by atoms with Crippen molar-refractivity contribution in [2.24, 2.45) is 13.0 Å². The fraction of sp³-hybridized carbons (Fsp3) is 0.643. The molecule has 0 spiro atoms. The zero-order valence-corrected chi connectivity index (χ0v) is 13.5. The van der Waals surface area contributed by atoms with E-state index in [-0.39, 0.29) is 0 Å². The molecule has 108 valence electrons. The summed E-state index contributed by atoms with van der Waals surface area (Å²) in [6.07, 6.45) is 7.96. The van der Waals surface area contributed by atoms with Crippen molar-refractivity contribution in [3.05, 3.63) is 10.9 Å². The number of hydrogen-bond donors (Lipinski definition) is 1. The predicted octanol–water partition coefficient (Wildman–Crippen LogP) is 3.51. The van der Waals surface area contributed by atoms with Gasteiger partial charge in [-0.3, -0.25) is 0 Å². The van der Waals surface area contributed by atoms with E-state index < -0.39 is 0 Å². The summed E-state index contributed by atoms with van der Waals surface area (Å²) >= 11 is 3.51. The second-order valence-corrected chi connectivity index (χ2v) is 6.54. The Labute approximate surface area is 127 Å². The first-order valence-corrected chi connectivity index (χ1v) is 8.04. The van der Waals surface area contributed by atoms with Crippen LogP contribution in [0.15, 0.2) is 10.9 Å². The van der Waals surface area contributed by atoms with E-state index in [0.29, 0.717) is 6.04 Å². The van der Waals surface area contributed by atoms with Crippen LogP contribution in [0.3, 0.4) is 0 Å². The first-order chi connectivity index (χ1) is 9.65. The predicted molar refractivity (Wildman–Crippen MR) is 83.7 cm³/mol. The average Bonchev–Trinajstić information content (AvgIpc) is 2.59. The number of hydrogen-bond acceptors (Lipinski definition) is 4. The summed E-state index contributed by atoms with van der Waals surface area (Å²) in [6, 6.07) is 0.505. The molecule has 2 unspecified atom stereocenters. The van der Waals surface area contributed by atoms with Gasteiger partial charge in [-0.05, 0) is 41.1 Å². The third-order valence-corrected chi connectivity index (χ3v) is 4.73. The standard InChI is InChI=1S/C14H20BrN5/c1-9-4-3-5-10(7-6-9)18-13-11-12(15)19-20(2)14(11)17-8-16-13/h8-10H,3-7H2,1-2H3,(H,16,17,18). The molecule has 2 aromatic heterocycles. The van der Waals surface area contributed by atoms with Crippen LogP contribution in [0.1, 0.15) is 39.0 Å². The minimum atomic E-state index is 0.505. The van der Waals surface area contributed by atoms with Crippen molar-refractivity contribution in [2.75, 3.05) is 5.32 Å². The molecule has 0 radical (unpaired) electrons. The minimum absolute atomic E-state index is 0.505. The maximum absolute atomic E-state index is 4.42. The zero-order chi connectivity index (χ0) is 14.1. The smallest absolute Gasteiger partial charge is 0.164 e. The number of fused-ring (bicyclic) bond motifs is 1. The molecule has 2 atom stereocenters. The van der Waals surface area contributed by atoms with Gasteiger partial charge >= 0.3 is 0 Å². The van der Waals surface area contributed by atoms with Crippen LogP contribution in [0.2, 0.25) is 0 Å². The highest BCUT2D eigenvalue weighted by atomic mass is 79.9. The maximum Gasteiger partial charge on any atom is 0.164 e. The normalized spacial score (nSPS) is 23.8. The van der Waals surface area contributed by atoms with E-state index in [1.165, 1.54) is 32.1 Å². The molecule has 0 aromatic carbocycles. The van der Waals surface area contributed by atoms with Crippen molar-refractivity contribution in [1.82, 2.24) is 19.7 Å². The second kappa shape index (κ2) is 5.68. The van der Waals surface area contributed by atoms with E-state index in [9.17, 15) is 0 Å². The molecule has 0 amide bonds. The number of aromatic nitrogens is 4. The lowest BCUT2D eigenvalue weighted by molar-refractivity contribution is 0.502. The Morgan fingerprint density at radius 1 is 1.25 bits per heavy atom. The van der Waals surface area contributed by atoms with Crippen molar-refractivity contribution in [3.63, 3.8) is 0 Å². The highest BCUT2D eigenvalue weighted by Crippen LogP contribution is 2.30. The highest BCUT2D eigenvalue weighted by Gasteiger charge is 2.19. The van der Waals surface area contributed by atoms with Gasteiger partial charge in [0.2, 0.25) is 0 Å². The van der Waals surface area contributed by atoms with Gasteiger partial charge in [-0.1, -0.05) is 19.8 Å². The van der Waals surface area contributed by atoms with Crippen LogP contribution < -0.4 is 5.32 Å². The van der Waals surface area contributed by atoms with E-state index in [1.807, 2.05) is 7.05 Å². The van der Waals surface area contributed by atoms with E-state index in [0.717, 1.165) is 27.4 Å². The Morgan fingerprint density at radius 3 is 2.95 bits per heavy atom. The van der Waals surface area contributed by atoms with Crippen LogP contribution in [0.5, 0.6) is 0 Å². The van der Waals surface area contributed by atoms with E-state index in [4.69, 9.17) is 0 Å². The Morgan fingerprint density at radius 2 is 2.10 bits per heavy atom. The molecular formula is C14H20BrN5. The largest absolute Gasteiger partial charge is 0.367 e. The molecule has 5 nitrogen and oxygen atoms in total. The van der Waals surface area contributed by atoms with Gasteiger partial charge in [0.1, 0.15) is 16.7 Å². The Balaban J connectivity index is 1.87. The van der Waals surface area contributed by atoms with Gasteiger partial charge in [0.05, 0.1) is 5.39 Å². The van der Waals surface area contributed by atoms with Crippen LogP contribution in [0, 0.1) is 5.92 Å². The summed E-state index contributed by atoms with van der Waals surface area (Å²) in [5.41, 5.74) is 0.858. The fourth-order valence-electron chi connectivity index (χ4n) is 2.97. The summed E-state index contributed by atoms with van der Waals surface area (Å²) in [6.45, 7) is 2.35. The molecule has 1 aliphatic rings. The van der Waals surface area contributed by atoms with Gasteiger partial charge in [0, 0.05) is 13.1 Å². The number of nitrogens with zero attached hydrogens (tertiary/aromatic N) is 4. The Kier molecular flexibility index (Phi) is 3.92. The molecule has 1 fully saturated rings. The minimum Gasteiger partial charge on any atom is -0.367 e. The topological polar surface area (TPSA) is 55.6 Å². The van der Waals surface area contributed by atoms with Crippen LogP contribution in [-0.2, 0) is 7.05 Å². The average molecular weight is 338 g/mol. The Hall–Kier alpha value is -1.17. The van der Waals surface area contributed by atoms with E-state index in [1.54, 1.807) is 11.0 Å². The summed E-state index contributed by atoms with van der Waals surface area (Å²) in [4.78, 5) is 8.72. The molecule has 1 N–H and O–H groups in total. The van der Waals surface area contributed by atoms with E-state index in [2.05, 4.69) is 43.2 Å². The number of anilines is 1. The summed E-state index contributed by atoms with van der Waals surface area (Å²) in [7, 11) is 1.90. The maximum atomic E-state index is 4.42. The fourth-order valence-corrected chi connectivity index (χ4v) is 3.58. The van der Waals surface area contributed by atoms with Gasteiger partial charge in [-0.25, -0.2) is 14.6 Å². The van der Waals surface area contributed by atoms with Gasteiger partial charge in [-0.2, -0.15) is 5.10 Å². The van der Waals surface area contributed by atoms with Gasteiger partial charge < -0.3 is 5.32 Å². The van der Waals surface area contributed by atoms with Crippen LogP contribution in [0.25, 0.3) is 11.0 Å². The van der Waals surface area contributed by atoms with Crippen molar-refractivity contribution in [3.8, 4) is 0 Å². The van der Waals surface area contributed by atoms with Gasteiger partial charge in [-0.15, -0.1) is 0 Å². The van der Waals surface area contributed by atoms with Gasteiger partial charge in [0.15, 0.2) is 5.65 Å². The third kappa shape index (κ3) is 2.66. The lowest BCUT2D eigenvalue weighted by Crippen LogP contribution is -2.19. The van der Waals surface area contributed by atoms with Gasteiger partial charge in [0.25, 0.3) is 0 Å². The molecule has 6 heteroatoms. The molecule has 0 bridgehead atoms. The Bertz CT molecular complexity index is 609. The monoisotopic (exact) mass is 337 g/mol. The van der Waals surface area contributed by atoms with Crippen molar-refractivity contribution in [1.29, 1.82) is 0 Å². The first kappa shape index (κ1) is 13.8. The number of rotatable bonds is 2. The van der Waals surface area contributed by atoms with Crippen molar-refractivity contribution in [2.45, 2.75) is 45.1 Å². The molecule has 0 aliphatic heterocycles. The number of halogens is 1. The molecule has 20 heavy (non-hydrogen) atoms. The summed E-state index contributed by atoms with van der Waals surface area (Å²) in [5, 5.41) is 8.95. The van der Waals surface area contributed by atoms with Crippen LogP contribution >= 0.6 is 15.9 Å². The molecule has 2 heterocycles. The second-order valence-electron chi connectivity index (χ2n) is 5.79. The van der Waals surface area contributed by atoms with Crippen LogP contribution in [0.4, 0.5) is 5.82 Å². The molecule has 0 saturated heterocycles. The summed E-state index contributed by atoms with van der Waals surface area (Å²) < 4.78 is 2.58. The molecule has 2 aromatic rings. The summed E-state index contributed by atoms with van der Waals surface area (Å²) in [5.74, 6) is 1.74. The third-order valence-electron chi connectivity index (χ3n) is 4.18. The lowest BCUT2D eigenvalue weighted by atomic mass is 10.0. The highest BCUT2D eigenvalue weighted by molar-refractivity contribution is 9.10. The quantitative estimate of drug-likeness (QED) is 0.852. The van der Waals surface area contributed by atoms with Crippen molar-refractivity contribution >= 4 is 32.8 Å². The van der Waals surface area contributed by atoms with Crippen molar-refractivity contribution < 1.29 is 0 Å². The molecule has 1 saturated carbocycles. The molecular weight excluding hydrogens is 318 g/mol. The van der Waals surface area contributed by atoms with Crippen LogP contribution in [-0.4, -0.2) is 25.8 Å². The number of nitrogens with one attached hydrogen (secondary N) is 1. The number of aryl methyl sites for hydroxylation is 1. The lowest BCUT2D eigenvalue weighted by Gasteiger charge is -2.17. The SMILES string of the molecule is CC1CCCC(Nc2ncnc3c2c(Br)nn3C)CC1. The zero-order valence-electron chi connectivity index (χ0n) is 11.9. The molecule has 1 aliphatic carbocycles.